The quantitative estimate of drug-likeness (QED) is 0.524. The second-order valence-electron chi connectivity index (χ2n) is 8.64. The zero-order valence-electron chi connectivity index (χ0n) is 18.3. The van der Waals surface area contributed by atoms with Crippen LogP contribution in [0.15, 0.2) is 36.5 Å². The normalized spacial score (nSPS) is 19.0. The first-order chi connectivity index (χ1) is 14.9. The van der Waals surface area contributed by atoms with Gasteiger partial charge in [0.25, 0.3) is 0 Å². The first-order valence-electron chi connectivity index (χ1n) is 10.7. The van der Waals surface area contributed by atoms with Crippen LogP contribution in [0.25, 0.3) is 22.0 Å². The van der Waals surface area contributed by atoms with E-state index in [0.29, 0.717) is 11.8 Å². The number of pyridine rings is 1. The molecule has 1 radical (unpaired) electrons. The number of ether oxygens (including phenoxy) is 1. The van der Waals surface area contributed by atoms with Crippen LogP contribution in [0.3, 0.4) is 0 Å². The Morgan fingerprint density at radius 1 is 1.16 bits per heavy atom. The van der Waals surface area contributed by atoms with E-state index >= 15 is 0 Å². The van der Waals surface area contributed by atoms with Crippen molar-refractivity contribution in [3.05, 3.63) is 47.6 Å². The molecule has 3 aromatic rings. The lowest BCUT2D eigenvalue weighted by Crippen LogP contribution is -2.31. The molecule has 1 saturated carbocycles. The molecular formula is C25H29ClN3O2. The largest absolute Gasteiger partial charge is 0.503 e. The van der Waals surface area contributed by atoms with Crippen LogP contribution < -0.4 is 10.1 Å². The third kappa shape index (κ3) is 4.89. The molecule has 1 heterocycles. The van der Waals surface area contributed by atoms with Gasteiger partial charge in [0.15, 0.2) is 11.5 Å². The van der Waals surface area contributed by atoms with Crippen LogP contribution in [0.1, 0.15) is 25.7 Å². The lowest BCUT2D eigenvalue weighted by molar-refractivity contribution is 0.255. The van der Waals surface area contributed by atoms with Crippen molar-refractivity contribution in [2.45, 2.75) is 31.7 Å². The second kappa shape index (κ2) is 9.33. The lowest BCUT2D eigenvalue weighted by Gasteiger charge is -2.31. The van der Waals surface area contributed by atoms with Gasteiger partial charge in [-0.25, -0.2) is 0 Å². The summed E-state index contributed by atoms with van der Waals surface area (Å²) in [4.78, 5) is 6.77. The van der Waals surface area contributed by atoms with Crippen molar-refractivity contribution < 1.29 is 9.84 Å². The summed E-state index contributed by atoms with van der Waals surface area (Å²) in [5.41, 5.74) is 3.76. The number of nitrogens with one attached hydrogen (secondary N) is 1. The molecule has 0 spiro atoms. The topological polar surface area (TPSA) is 57.6 Å². The zero-order valence-corrected chi connectivity index (χ0v) is 19.0. The van der Waals surface area contributed by atoms with Gasteiger partial charge in [-0.05, 0) is 81.1 Å². The van der Waals surface area contributed by atoms with Crippen LogP contribution in [-0.4, -0.2) is 48.8 Å². The number of hydrogen-bond donors (Lipinski definition) is 2. The molecule has 0 amide bonds. The van der Waals surface area contributed by atoms with Gasteiger partial charge in [-0.1, -0.05) is 17.7 Å². The third-order valence-corrected chi connectivity index (χ3v) is 6.37. The summed E-state index contributed by atoms with van der Waals surface area (Å²) in [6.07, 6.45) is 6.57. The number of methoxy groups -OCH3 is 1. The maximum atomic E-state index is 10.0. The number of aromatic nitrogens is 1. The molecule has 1 aromatic heterocycles. The highest BCUT2D eigenvalue weighted by molar-refractivity contribution is 6.32. The summed E-state index contributed by atoms with van der Waals surface area (Å²) in [5.74, 6) is 1.09. The van der Waals surface area contributed by atoms with Gasteiger partial charge in [0.05, 0.1) is 23.3 Å². The Morgan fingerprint density at radius 2 is 1.94 bits per heavy atom. The van der Waals surface area contributed by atoms with Crippen molar-refractivity contribution in [1.29, 1.82) is 0 Å². The molecule has 0 unspecified atom stereocenters. The predicted molar refractivity (Wildman–Crippen MR) is 127 cm³/mol. The number of aromatic hydroxyl groups is 1. The highest BCUT2D eigenvalue weighted by Gasteiger charge is 2.22. The molecule has 1 aliphatic carbocycles. The van der Waals surface area contributed by atoms with E-state index in [4.69, 9.17) is 16.3 Å². The van der Waals surface area contributed by atoms with Crippen LogP contribution in [0.2, 0.25) is 5.02 Å². The van der Waals surface area contributed by atoms with Gasteiger partial charge < -0.3 is 20.1 Å². The van der Waals surface area contributed by atoms with Gasteiger partial charge in [-0.2, -0.15) is 0 Å². The molecule has 5 nitrogen and oxygen atoms in total. The number of rotatable bonds is 6. The van der Waals surface area contributed by atoms with Gasteiger partial charge in [0, 0.05) is 30.2 Å². The fraction of sp³-hybridized carbons (Fsp3) is 0.400. The number of phenols is 1. The van der Waals surface area contributed by atoms with Crippen molar-refractivity contribution in [1.82, 2.24) is 9.88 Å². The summed E-state index contributed by atoms with van der Waals surface area (Å²) in [6.45, 7) is 1.17. The molecule has 2 aromatic carbocycles. The maximum Gasteiger partial charge on any atom is 0.176 e. The lowest BCUT2D eigenvalue weighted by atomic mass is 9.85. The second-order valence-corrected chi connectivity index (χ2v) is 9.05. The van der Waals surface area contributed by atoms with Gasteiger partial charge in [-0.15, -0.1) is 0 Å². The Bertz CT molecular complexity index is 1060. The monoisotopic (exact) mass is 438 g/mol. The van der Waals surface area contributed by atoms with E-state index in [1.165, 1.54) is 39.3 Å². The summed E-state index contributed by atoms with van der Waals surface area (Å²) in [7, 11) is 5.82. The summed E-state index contributed by atoms with van der Waals surface area (Å²) < 4.78 is 5.26. The van der Waals surface area contributed by atoms with Crippen LogP contribution >= 0.6 is 11.6 Å². The molecule has 4 rings (SSSR count). The van der Waals surface area contributed by atoms with Gasteiger partial charge in [-0.3, -0.25) is 4.98 Å². The van der Waals surface area contributed by atoms with Crippen molar-refractivity contribution in [3.8, 4) is 22.6 Å². The van der Waals surface area contributed by atoms with Crippen molar-refractivity contribution in [2.24, 2.45) is 5.92 Å². The fourth-order valence-corrected chi connectivity index (χ4v) is 4.71. The fourth-order valence-electron chi connectivity index (χ4n) is 4.50. The summed E-state index contributed by atoms with van der Waals surface area (Å²) >= 11 is 6.21. The highest BCUT2D eigenvalue weighted by Crippen LogP contribution is 2.39. The van der Waals surface area contributed by atoms with Gasteiger partial charge >= 0.3 is 0 Å². The molecule has 0 bridgehead atoms. The van der Waals surface area contributed by atoms with E-state index in [1.54, 1.807) is 18.3 Å². The first-order valence-corrected chi connectivity index (χ1v) is 11.1. The number of phenolic OH excluding ortho intramolecular Hbond substituents is 1. The Labute approximate surface area is 189 Å². The average Bonchev–Trinajstić information content (AvgIpc) is 2.76. The third-order valence-electron chi connectivity index (χ3n) is 6.08. The molecule has 0 saturated heterocycles. The van der Waals surface area contributed by atoms with E-state index in [0.717, 1.165) is 33.6 Å². The Hall–Kier alpha value is -2.50. The van der Waals surface area contributed by atoms with E-state index < -0.39 is 0 Å². The molecule has 2 N–H and O–H groups in total. The average molecular weight is 439 g/mol. The van der Waals surface area contributed by atoms with E-state index in [-0.39, 0.29) is 10.8 Å². The smallest absolute Gasteiger partial charge is 0.176 e. The van der Waals surface area contributed by atoms with Crippen LogP contribution in [0, 0.1) is 12.0 Å². The number of benzene rings is 2. The molecule has 31 heavy (non-hydrogen) atoms. The SMILES string of the molecule is COc1cc(-c2ccc3nc[c]c(N[C@H]4CC[C@H](CN(C)C)CC4)c3c2)cc(Cl)c1O. The Morgan fingerprint density at radius 3 is 2.65 bits per heavy atom. The van der Waals surface area contributed by atoms with Crippen LogP contribution in [0.4, 0.5) is 5.69 Å². The molecule has 0 atom stereocenters. The van der Waals surface area contributed by atoms with Gasteiger partial charge in [0.1, 0.15) is 0 Å². The highest BCUT2D eigenvalue weighted by atomic mass is 35.5. The minimum absolute atomic E-state index is 0.0454. The number of anilines is 1. The van der Waals surface area contributed by atoms with Crippen molar-refractivity contribution in [2.75, 3.05) is 33.1 Å². The van der Waals surface area contributed by atoms with Crippen LogP contribution in [0.5, 0.6) is 11.5 Å². The molecule has 6 heteroatoms. The molecular weight excluding hydrogens is 410 g/mol. The van der Waals surface area contributed by atoms with Crippen LogP contribution in [-0.2, 0) is 0 Å². The number of fused-ring (bicyclic) bond motifs is 1. The number of nitrogens with zero attached hydrogens (tertiary/aromatic N) is 2. The number of halogens is 1. The Balaban J connectivity index is 1.59. The minimum atomic E-state index is -0.0454. The zero-order chi connectivity index (χ0) is 22.0. The maximum absolute atomic E-state index is 10.0. The van der Waals surface area contributed by atoms with E-state index in [9.17, 15) is 5.11 Å². The first kappa shape index (κ1) is 21.7. The van der Waals surface area contributed by atoms with Crippen molar-refractivity contribution in [3.63, 3.8) is 0 Å². The van der Waals surface area contributed by atoms with E-state index in [1.807, 2.05) is 12.1 Å². The van der Waals surface area contributed by atoms with Crippen molar-refractivity contribution >= 4 is 28.2 Å². The van der Waals surface area contributed by atoms with Gasteiger partial charge in [0.2, 0.25) is 0 Å². The predicted octanol–water partition coefficient (Wildman–Crippen LogP) is 5.60. The molecule has 163 valence electrons. The van der Waals surface area contributed by atoms with E-state index in [2.05, 4.69) is 41.4 Å². The summed E-state index contributed by atoms with van der Waals surface area (Å²) in [5, 5.41) is 15.1. The minimum Gasteiger partial charge on any atom is -0.503 e. The molecule has 1 fully saturated rings. The standard InChI is InChI=1S/C25H29ClN3O2/c1-29(2)15-16-4-7-19(8-5-16)28-23-10-11-27-22-9-6-17(12-20(22)23)18-13-21(26)25(30)24(14-18)31-3/h6,9,11-14,16,19,30H,4-5,7-8,15H2,1-3H3,(H,27,28)/t16-,19-. The number of hydrogen-bond acceptors (Lipinski definition) is 5. The Kier molecular flexibility index (Phi) is 6.54. The molecule has 1 aliphatic rings. The summed E-state index contributed by atoms with van der Waals surface area (Å²) in [6, 6.07) is 13.4. The molecule has 0 aliphatic heterocycles.